The third-order valence-corrected chi connectivity index (χ3v) is 2.25. The molecule has 0 unspecified atom stereocenters. The van der Waals surface area contributed by atoms with Gasteiger partial charge in [-0.25, -0.2) is 0 Å². The lowest BCUT2D eigenvalue weighted by Crippen LogP contribution is -2.50. The average Bonchev–Trinajstić information content (AvgIpc) is 2.39. The highest BCUT2D eigenvalue weighted by Gasteiger charge is 2.20. The lowest BCUT2D eigenvalue weighted by atomic mass is 10.1. The molecule has 0 spiro atoms. The maximum absolute atomic E-state index is 8.40. The van der Waals surface area contributed by atoms with Crippen LogP contribution >= 0.6 is 8.60 Å². The molecule has 1 rings (SSSR count). The molecule has 0 bridgehead atoms. The van der Waals surface area contributed by atoms with Crippen molar-refractivity contribution < 1.29 is 29.6 Å². The maximum Gasteiger partial charge on any atom is 0.391 e. The summed E-state index contributed by atoms with van der Waals surface area (Å²) >= 11 is 0. The van der Waals surface area contributed by atoms with Gasteiger partial charge in [0.1, 0.15) is 5.75 Å². The molecule has 0 heterocycles. The average molecular weight is 279 g/mol. The summed E-state index contributed by atoms with van der Waals surface area (Å²) < 4.78 is 4.59. The van der Waals surface area contributed by atoms with Gasteiger partial charge >= 0.3 is 8.60 Å². The van der Waals surface area contributed by atoms with Crippen LogP contribution < -0.4 is 10.3 Å². The van der Waals surface area contributed by atoms with Crippen molar-refractivity contribution >= 4 is 8.60 Å². The molecule has 0 fully saturated rings. The van der Waals surface area contributed by atoms with Crippen molar-refractivity contribution in [3.8, 4) is 5.75 Å². The van der Waals surface area contributed by atoms with E-state index in [-0.39, 0.29) is 0 Å². The van der Waals surface area contributed by atoms with E-state index in [2.05, 4.69) is 4.52 Å². The van der Waals surface area contributed by atoms with Crippen LogP contribution in [0.4, 0.5) is 0 Å². The number of benzene rings is 1. The van der Waals surface area contributed by atoms with E-state index in [1.165, 1.54) is 0 Å². The Hall–Kier alpha value is -0.790. The first-order chi connectivity index (χ1) is 8.47. The number of rotatable bonds is 5. The number of aliphatic hydroxyl groups excluding tert-OH is 3. The van der Waals surface area contributed by atoms with Crippen molar-refractivity contribution in [2.75, 3.05) is 19.8 Å². The molecule has 0 atom stereocenters. The minimum absolute atomic E-state index is 0.403. The van der Waals surface area contributed by atoms with Crippen LogP contribution in [0.15, 0.2) is 30.3 Å². The van der Waals surface area contributed by atoms with Gasteiger partial charge in [0, 0.05) is 0 Å². The molecule has 1 aromatic rings. The second-order valence-corrected chi connectivity index (χ2v) is 4.18. The van der Waals surface area contributed by atoms with Crippen molar-refractivity contribution in [2.24, 2.45) is 5.73 Å². The quantitative estimate of drug-likeness (QED) is 0.378. The van der Waals surface area contributed by atoms with Crippen LogP contribution in [0.1, 0.15) is 0 Å². The first-order valence-electron chi connectivity index (χ1n) is 5.00. The molecule has 0 saturated heterocycles. The first kappa shape index (κ1) is 17.2. The molecule has 0 radical (unpaired) electrons. The smallest absolute Gasteiger partial charge is 0.391 e. The molecule has 1 aromatic carbocycles. The van der Waals surface area contributed by atoms with Gasteiger partial charge < -0.3 is 35.4 Å². The van der Waals surface area contributed by atoms with E-state index in [1.54, 1.807) is 24.3 Å². The Balaban J connectivity index is 0.000000331. The minimum atomic E-state index is -2.28. The summed E-state index contributed by atoms with van der Waals surface area (Å²) in [4.78, 5) is 16.8. The summed E-state index contributed by atoms with van der Waals surface area (Å²) in [5.74, 6) is 0.471. The van der Waals surface area contributed by atoms with Gasteiger partial charge in [-0.1, -0.05) is 18.2 Å². The van der Waals surface area contributed by atoms with Gasteiger partial charge in [-0.3, -0.25) is 0 Å². The second-order valence-electron chi connectivity index (χ2n) is 3.49. The van der Waals surface area contributed by atoms with Gasteiger partial charge in [0.05, 0.1) is 25.4 Å². The molecule has 0 aromatic heterocycles. The maximum atomic E-state index is 8.40. The van der Waals surface area contributed by atoms with Crippen molar-refractivity contribution in [3.05, 3.63) is 30.3 Å². The Morgan fingerprint density at radius 3 is 1.72 bits per heavy atom. The molecule has 104 valence electrons. The van der Waals surface area contributed by atoms with E-state index in [0.29, 0.717) is 5.75 Å². The molecular formula is C10H18NO6P. The SMILES string of the molecule is NC(CO)(CO)CO.OP(O)Oc1ccccc1. The van der Waals surface area contributed by atoms with Crippen LogP contribution in [-0.4, -0.2) is 50.5 Å². The Kier molecular flexibility index (Phi) is 8.78. The van der Waals surface area contributed by atoms with Crippen molar-refractivity contribution in [3.63, 3.8) is 0 Å². The summed E-state index contributed by atoms with van der Waals surface area (Å²) in [6.45, 7) is -1.21. The monoisotopic (exact) mass is 279 g/mol. The van der Waals surface area contributed by atoms with Crippen LogP contribution in [0.2, 0.25) is 0 Å². The molecule has 0 aliphatic heterocycles. The molecule has 0 saturated carbocycles. The zero-order valence-corrected chi connectivity index (χ0v) is 10.6. The van der Waals surface area contributed by atoms with E-state index in [0.717, 1.165) is 0 Å². The fraction of sp³-hybridized carbons (Fsp3) is 0.400. The van der Waals surface area contributed by atoms with Crippen LogP contribution in [-0.2, 0) is 0 Å². The fourth-order valence-corrected chi connectivity index (χ4v) is 1.04. The summed E-state index contributed by atoms with van der Waals surface area (Å²) in [7, 11) is -2.28. The van der Waals surface area contributed by atoms with Crippen LogP contribution in [0.3, 0.4) is 0 Å². The van der Waals surface area contributed by atoms with Crippen LogP contribution in [0.25, 0.3) is 0 Å². The Morgan fingerprint density at radius 1 is 1.00 bits per heavy atom. The Morgan fingerprint density at radius 2 is 1.44 bits per heavy atom. The van der Waals surface area contributed by atoms with E-state index in [4.69, 9.17) is 30.8 Å². The van der Waals surface area contributed by atoms with Crippen molar-refractivity contribution in [1.82, 2.24) is 0 Å². The van der Waals surface area contributed by atoms with E-state index in [9.17, 15) is 0 Å². The second kappa shape index (κ2) is 9.18. The highest BCUT2D eigenvalue weighted by Crippen LogP contribution is 2.27. The number of hydrogen-bond acceptors (Lipinski definition) is 7. The summed E-state index contributed by atoms with van der Waals surface area (Å²) in [5.41, 5.74) is 3.94. The molecule has 0 aliphatic rings. The third kappa shape index (κ3) is 7.52. The lowest BCUT2D eigenvalue weighted by Gasteiger charge is -2.20. The summed E-state index contributed by atoms with van der Waals surface area (Å²) in [5, 5.41) is 25.0. The zero-order chi connectivity index (χ0) is 14.0. The van der Waals surface area contributed by atoms with Crippen LogP contribution in [0, 0.1) is 0 Å². The van der Waals surface area contributed by atoms with Gasteiger partial charge in [0.2, 0.25) is 0 Å². The predicted octanol–water partition coefficient (Wildman–Crippen LogP) is -1.06. The van der Waals surface area contributed by atoms with Gasteiger partial charge in [0.25, 0.3) is 0 Å². The number of nitrogens with two attached hydrogens (primary N) is 1. The van der Waals surface area contributed by atoms with Gasteiger partial charge in [-0.05, 0) is 12.1 Å². The number of aliphatic hydroxyl groups is 3. The Bertz CT molecular complexity index is 298. The predicted molar refractivity (Wildman–Crippen MR) is 66.6 cm³/mol. The molecule has 0 amide bonds. The van der Waals surface area contributed by atoms with Gasteiger partial charge in [-0.15, -0.1) is 0 Å². The molecule has 8 heteroatoms. The molecular weight excluding hydrogens is 261 g/mol. The molecule has 7 N–H and O–H groups in total. The topological polar surface area (TPSA) is 136 Å². The molecule has 0 aliphatic carbocycles. The summed E-state index contributed by atoms with van der Waals surface area (Å²) in [6.07, 6.45) is 0. The number of para-hydroxylation sites is 1. The van der Waals surface area contributed by atoms with E-state index in [1.807, 2.05) is 6.07 Å². The van der Waals surface area contributed by atoms with Crippen molar-refractivity contribution in [2.45, 2.75) is 5.54 Å². The Labute approximate surface area is 106 Å². The fourth-order valence-electron chi connectivity index (χ4n) is 0.726. The molecule has 18 heavy (non-hydrogen) atoms. The standard InChI is InChI=1S/C6H7O3P.C4H11NO3/c7-10(8)9-6-4-2-1-3-5-6;5-4(1-6,2-7)3-8/h1-5,7-8H;6-8H,1-3,5H2. The number of hydrogen-bond donors (Lipinski definition) is 6. The molecule has 7 nitrogen and oxygen atoms in total. The van der Waals surface area contributed by atoms with Gasteiger partial charge in [0.15, 0.2) is 0 Å². The largest absolute Gasteiger partial charge is 0.427 e. The first-order valence-corrected chi connectivity index (χ1v) is 6.16. The highest BCUT2D eigenvalue weighted by molar-refractivity contribution is 7.39. The highest BCUT2D eigenvalue weighted by atomic mass is 31.2. The van der Waals surface area contributed by atoms with Crippen molar-refractivity contribution in [1.29, 1.82) is 0 Å². The lowest BCUT2D eigenvalue weighted by molar-refractivity contribution is 0.0697. The van der Waals surface area contributed by atoms with Gasteiger partial charge in [-0.2, -0.15) is 0 Å². The van der Waals surface area contributed by atoms with Crippen LogP contribution in [0.5, 0.6) is 5.75 Å². The summed E-state index contributed by atoms with van der Waals surface area (Å²) in [6, 6.07) is 8.65. The normalized spacial score (nSPS) is 10.8. The van der Waals surface area contributed by atoms with E-state index < -0.39 is 34.0 Å². The zero-order valence-electron chi connectivity index (χ0n) is 9.68. The third-order valence-electron chi connectivity index (χ3n) is 1.87. The minimum Gasteiger partial charge on any atom is -0.427 e. The van der Waals surface area contributed by atoms with E-state index >= 15 is 0 Å².